The molecule has 0 radical (unpaired) electrons. The Hall–Kier alpha value is -1.91. The van der Waals surface area contributed by atoms with Crippen LogP contribution in [0.1, 0.15) is 30.1 Å². The normalized spacial score (nSPS) is 18.2. The van der Waals surface area contributed by atoms with Gasteiger partial charge in [-0.2, -0.15) is 5.10 Å². The highest BCUT2D eigenvalue weighted by molar-refractivity contribution is 5.48. The standard InChI is InChI=1S/C14H15F2N3/c1-19-13-7-3-5-11(9(13)8-17-19)18-12-6-2-4-10(15)14(12)16/h2,4,6,8,11,18H,3,5,7H2,1H3. The monoisotopic (exact) mass is 263 g/mol. The van der Waals surface area contributed by atoms with Crippen LogP contribution in [-0.4, -0.2) is 9.78 Å². The first-order valence-corrected chi connectivity index (χ1v) is 6.38. The van der Waals surface area contributed by atoms with Crippen LogP contribution in [0.4, 0.5) is 14.5 Å². The lowest BCUT2D eigenvalue weighted by atomic mass is 9.93. The Morgan fingerprint density at radius 1 is 1.37 bits per heavy atom. The highest BCUT2D eigenvalue weighted by atomic mass is 19.2. The maximum atomic E-state index is 13.7. The molecule has 0 bridgehead atoms. The lowest BCUT2D eigenvalue weighted by Gasteiger charge is -2.25. The molecule has 19 heavy (non-hydrogen) atoms. The van der Waals surface area contributed by atoms with Crippen LogP contribution in [0.3, 0.4) is 0 Å². The molecule has 2 aromatic rings. The zero-order valence-electron chi connectivity index (χ0n) is 10.7. The molecule has 1 aliphatic rings. The van der Waals surface area contributed by atoms with Crippen LogP contribution in [0.2, 0.25) is 0 Å². The van der Waals surface area contributed by atoms with Gasteiger partial charge in [-0.3, -0.25) is 4.68 Å². The third kappa shape index (κ3) is 2.09. The van der Waals surface area contributed by atoms with Crippen molar-refractivity contribution in [3.8, 4) is 0 Å². The number of hydrogen-bond donors (Lipinski definition) is 1. The van der Waals surface area contributed by atoms with Crippen molar-refractivity contribution in [2.24, 2.45) is 7.05 Å². The number of halogens is 2. The molecular weight excluding hydrogens is 248 g/mol. The summed E-state index contributed by atoms with van der Waals surface area (Å²) in [6.45, 7) is 0. The van der Waals surface area contributed by atoms with Gasteiger partial charge in [-0.1, -0.05) is 6.07 Å². The summed E-state index contributed by atoms with van der Waals surface area (Å²) < 4.78 is 28.7. The summed E-state index contributed by atoms with van der Waals surface area (Å²) in [5.41, 5.74) is 2.46. The molecular formula is C14H15F2N3. The second-order valence-corrected chi connectivity index (χ2v) is 4.86. The van der Waals surface area contributed by atoms with Crippen molar-refractivity contribution in [2.45, 2.75) is 25.3 Å². The molecule has 5 heteroatoms. The summed E-state index contributed by atoms with van der Waals surface area (Å²) in [5, 5.41) is 7.33. The minimum absolute atomic E-state index is 0.00579. The molecule has 1 aromatic carbocycles. The summed E-state index contributed by atoms with van der Waals surface area (Å²) in [7, 11) is 1.91. The molecule has 1 aliphatic carbocycles. The summed E-state index contributed by atoms with van der Waals surface area (Å²) in [6.07, 6.45) is 4.70. The number of aromatic nitrogens is 2. The Morgan fingerprint density at radius 2 is 2.21 bits per heavy atom. The summed E-state index contributed by atoms with van der Waals surface area (Å²) in [4.78, 5) is 0. The van der Waals surface area contributed by atoms with Gasteiger partial charge in [-0.15, -0.1) is 0 Å². The van der Waals surface area contributed by atoms with E-state index in [0.717, 1.165) is 30.9 Å². The first kappa shape index (κ1) is 12.1. The topological polar surface area (TPSA) is 29.9 Å². The number of aryl methyl sites for hydroxylation is 1. The zero-order valence-corrected chi connectivity index (χ0v) is 10.7. The fourth-order valence-corrected chi connectivity index (χ4v) is 2.66. The lowest BCUT2D eigenvalue weighted by Crippen LogP contribution is -2.18. The number of anilines is 1. The van der Waals surface area contributed by atoms with Gasteiger partial charge in [0.1, 0.15) is 0 Å². The largest absolute Gasteiger partial charge is 0.376 e. The Morgan fingerprint density at radius 3 is 3.05 bits per heavy atom. The molecule has 0 aliphatic heterocycles. The van der Waals surface area contributed by atoms with Gasteiger partial charge in [0.05, 0.1) is 17.9 Å². The van der Waals surface area contributed by atoms with Crippen molar-refractivity contribution in [3.05, 3.63) is 47.3 Å². The third-order valence-electron chi connectivity index (χ3n) is 3.66. The molecule has 100 valence electrons. The predicted octanol–water partition coefficient (Wildman–Crippen LogP) is 3.19. The van der Waals surface area contributed by atoms with E-state index in [9.17, 15) is 8.78 Å². The average molecular weight is 263 g/mol. The zero-order chi connectivity index (χ0) is 13.4. The fourth-order valence-electron chi connectivity index (χ4n) is 2.66. The van der Waals surface area contributed by atoms with Gasteiger partial charge >= 0.3 is 0 Å². The van der Waals surface area contributed by atoms with E-state index in [-0.39, 0.29) is 11.7 Å². The van der Waals surface area contributed by atoms with Crippen LogP contribution in [-0.2, 0) is 13.5 Å². The van der Waals surface area contributed by atoms with E-state index in [1.165, 1.54) is 11.8 Å². The molecule has 3 rings (SSSR count). The predicted molar refractivity (Wildman–Crippen MR) is 68.9 cm³/mol. The third-order valence-corrected chi connectivity index (χ3v) is 3.66. The second kappa shape index (κ2) is 4.64. The lowest BCUT2D eigenvalue weighted by molar-refractivity contribution is 0.506. The molecule has 1 N–H and O–H groups in total. The van der Waals surface area contributed by atoms with Gasteiger partial charge in [0.25, 0.3) is 0 Å². The number of rotatable bonds is 2. The SMILES string of the molecule is Cn1ncc2c1CCCC2Nc1cccc(F)c1F. The first-order valence-electron chi connectivity index (χ1n) is 6.38. The first-order chi connectivity index (χ1) is 9.16. The van der Waals surface area contributed by atoms with Crippen LogP contribution in [0.25, 0.3) is 0 Å². The molecule has 1 aromatic heterocycles. The van der Waals surface area contributed by atoms with E-state index in [2.05, 4.69) is 10.4 Å². The molecule has 1 heterocycles. The molecule has 0 fully saturated rings. The number of nitrogens with zero attached hydrogens (tertiary/aromatic N) is 2. The van der Waals surface area contributed by atoms with Crippen LogP contribution in [0.5, 0.6) is 0 Å². The van der Waals surface area contributed by atoms with E-state index in [1.54, 1.807) is 6.07 Å². The number of benzene rings is 1. The Balaban J connectivity index is 1.91. The highest BCUT2D eigenvalue weighted by Crippen LogP contribution is 2.33. The Bertz CT molecular complexity index is 607. The fraction of sp³-hybridized carbons (Fsp3) is 0.357. The van der Waals surface area contributed by atoms with E-state index >= 15 is 0 Å². The van der Waals surface area contributed by atoms with E-state index < -0.39 is 11.6 Å². The summed E-state index contributed by atoms with van der Waals surface area (Å²) in [6, 6.07) is 4.18. The van der Waals surface area contributed by atoms with Crippen molar-refractivity contribution in [1.29, 1.82) is 0 Å². The number of hydrogen-bond acceptors (Lipinski definition) is 2. The Labute approximate surface area is 110 Å². The van der Waals surface area contributed by atoms with E-state index in [0.29, 0.717) is 0 Å². The molecule has 0 spiro atoms. The molecule has 0 saturated heterocycles. The minimum Gasteiger partial charge on any atom is -0.376 e. The summed E-state index contributed by atoms with van der Waals surface area (Å²) >= 11 is 0. The van der Waals surface area contributed by atoms with Gasteiger partial charge in [0, 0.05) is 18.3 Å². The van der Waals surface area contributed by atoms with Gasteiger partial charge in [0.2, 0.25) is 0 Å². The second-order valence-electron chi connectivity index (χ2n) is 4.86. The maximum Gasteiger partial charge on any atom is 0.181 e. The van der Waals surface area contributed by atoms with Crippen LogP contribution >= 0.6 is 0 Å². The van der Waals surface area contributed by atoms with Crippen molar-refractivity contribution < 1.29 is 8.78 Å². The smallest absolute Gasteiger partial charge is 0.181 e. The van der Waals surface area contributed by atoms with Crippen molar-refractivity contribution in [3.63, 3.8) is 0 Å². The van der Waals surface area contributed by atoms with E-state index in [4.69, 9.17) is 0 Å². The van der Waals surface area contributed by atoms with Crippen molar-refractivity contribution in [2.75, 3.05) is 5.32 Å². The molecule has 0 amide bonds. The minimum atomic E-state index is -0.827. The van der Waals surface area contributed by atoms with Gasteiger partial charge in [0.15, 0.2) is 11.6 Å². The number of fused-ring (bicyclic) bond motifs is 1. The van der Waals surface area contributed by atoms with Crippen molar-refractivity contribution >= 4 is 5.69 Å². The van der Waals surface area contributed by atoms with Crippen molar-refractivity contribution in [1.82, 2.24) is 9.78 Å². The number of nitrogens with one attached hydrogen (secondary N) is 1. The van der Waals surface area contributed by atoms with Crippen LogP contribution in [0.15, 0.2) is 24.4 Å². The van der Waals surface area contributed by atoms with Gasteiger partial charge in [-0.25, -0.2) is 8.78 Å². The highest BCUT2D eigenvalue weighted by Gasteiger charge is 2.24. The summed E-state index contributed by atoms with van der Waals surface area (Å²) in [5.74, 6) is -1.65. The van der Waals surface area contributed by atoms with Gasteiger partial charge < -0.3 is 5.32 Å². The van der Waals surface area contributed by atoms with E-state index in [1.807, 2.05) is 17.9 Å². The molecule has 1 atom stereocenters. The molecule has 0 saturated carbocycles. The van der Waals surface area contributed by atoms with Gasteiger partial charge in [-0.05, 0) is 31.4 Å². The van der Waals surface area contributed by atoms with Crippen LogP contribution < -0.4 is 5.32 Å². The molecule has 1 unspecified atom stereocenters. The Kier molecular flexibility index (Phi) is 2.97. The quantitative estimate of drug-likeness (QED) is 0.901. The average Bonchev–Trinajstić information content (AvgIpc) is 2.78. The molecule has 3 nitrogen and oxygen atoms in total. The maximum absolute atomic E-state index is 13.7. The van der Waals surface area contributed by atoms with Crippen LogP contribution in [0, 0.1) is 11.6 Å².